The number of benzene rings is 1. The van der Waals surface area contributed by atoms with Crippen LogP contribution in [-0.2, 0) is 13.0 Å². The summed E-state index contributed by atoms with van der Waals surface area (Å²) < 4.78 is 7.16. The number of rotatable bonds is 6. The first-order valence-electron chi connectivity index (χ1n) is 11.6. The van der Waals surface area contributed by atoms with Crippen LogP contribution in [-0.4, -0.2) is 55.6 Å². The molecule has 6 nitrogen and oxygen atoms in total. The first-order valence-corrected chi connectivity index (χ1v) is 13.4. The third-order valence-electron chi connectivity index (χ3n) is 6.72. The van der Waals surface area contributed by atoms with E-state index in [0.717, 1.165) is 58.6 Å². The monoisotopic (exact) mass is 472 g/mol. The smallest absolute Gasteiger partial charge is 0.267 e. The fourth-order valence-electron chi connectivity index (χ4n) is 4.88. The van der Waals surface area contributed by atoms with Crippen molar-refractivity contribution in [1.82, 2.24) is 9.55 Å². The van der Waals surface area contributed by atoms with Crippen molar-refractivity contribution in [3.05, 3.63) is 45.1 Å². The Balaban J connectivity index is 1.54. The molecule has 3 aromatic rings. The molecule has 1 atom stereocenters. The van der Waals surface area contributed by atoms with Gasteiger partial charge in [-0.25, -0.2) is 4.98 Å². The summed E-state index contributed by atoms with van der Waals surface area (Å²) in [6.45, 7) is 5.71. The lowest BCUT2D eigenvalue weighted by Crippen LogP contribution is -3.13. The van der Waals surface area contributed by atoms with Crippen LogP contribution >= 0.6 is 23.1 Å². The molecule has 1 fully saturated rings. The Morgan fingerprint density at radius 2 is 1.94 bits per heavy atom. The minimum atomic E-state index is 0.0741. The minimum Gasteiger partial charge on any atom is -0.497 e. The average Bonchev–Trinajstić information content (AvgIpc) is 3.17. The number of quaternary nitrogens is 2. The SMILES string of the molecule is COc1ccc(-n2c(SCC[NH+]3CCCCC3)nc3sc4c(c3c2=O)CC[NH+](C)C4)cc1. The minimum absolute atomic E-state index is 0.0741. The molecule has 1 saturated heterocycles. The number of hydrogen-bond acceptors (Lipinski definition) is 5. The van der Waals surface area contributed by atoms with Gasteiger partial charge in [0.05, 0.1) is 62.0 Å². The lowest BCUT2D eigenvalue weighted by atomic mass is 10.1. The van der Waals surface area contributed by atoms with Crippen LogP contribution in [0.2, 0.25) is 0 Å². The van der Waals surface area contributed by atoms with Crippen molar-refractivity contribution in [2.75, 3.05) is 46.1 Å². The number of ether oxygens (including phenoxy) is 1. The number of likely N-dealkylation sites (N-methyl/N-ethyl adjacent to an activating group) is 1. The Labute approximate surface area is 197 Å². The van der Waals surface area contributed by atoms with E-state index in [0.29, 0.717) is 0 Å². The lowest BCUT2D eigenvalue weighted by molar-refractivity contribution is -0.902. The molecule has 0 aliphatic carbocycles. The highest BCUT2D eigenvalue weighted by Crippen LogP contribution is 2.31. The average molecular weight is 473 g/mol. The Bertz CT molecular complexity index is 1150. The van der Waals surface area contributed by atoms with Crippen LogP contribution < -0.4 is 20.1 Å². The molecule has 2 aromatic heterocycles. The van der Waals surface area contributed by atoms with Crippen LogP contribution in [0.5, 0.6) is 5.75 Å². The molecule has 0 saturated carbocycles. The van der Waals surface area contributed by atoms with Gasteiger partial charge in [0.2, 0.25) is 0 Å². The van der Waals surface area contributed by atoms with E-state index in [9.17, 15) is 4.79 Å². The maximum atomic E-state index is 13.9. The Morgan fingerprint density at radius 1 is 1.16 bits per heavy atom. The molecule has 170 valence electrons. The van der Waals surface area contributed by atoms with E-state index in [2.05, 4.69) is 7.05 Å². The fourth-order valence-corrected chi connectivity index (χ4v) is 7.31. The standard InChI is InChI=1S/C24H30N4O2S2/c1-26-13-10-19-20(16-26)32-22-21(19)23(29)28(17-6-8-18(30-2)9-7-17)24(25-22)31-15-14-27-11-4-3-5-12-27/h6-9H,3-5,10-16H2,1-2H3/p+2. The van der Waals surface area contributed by atoms with Gasteiger partial charge >= 0.3 is 0 Å². The largest absolute Gasteiger partial charge is 0.497 e. The molecule has 1 unspecified atom stereocenters. The molecular formula is C24H32N4O2S2+2. The zero-order valence-corrected chi connectivity index (χ0v) is 20.5. The summed E-state index contributed by atoms with van der Waals surface area (Å²) in [7, 11) is 3.89. The number of hydrogen-bond donors (Lipinski definition) is 2. The second kappa shape index (κ2) is 9.55. The van der Waals surface area contributed by atoms with E-state index in [4.69, 9.17) is 9.72 Å². The van der Waals surface area contributed by atoms with Crippen LogP contribution in [0, 0.1) is 0 Å². The Morgan fingerprint density at radius 3 is 2.69 bits per heavy atom. The van der Waals surface area contributed by atoms with Crippen molar-refractivity contribution in [3.63, 3.8) is 0 Å². The van der Waals surface area contributed by atoms with Crippen molar-refractivity contribution in [2.45, 2.75) is 37.4 Å². The highest BCUT2D eigenvalue weighted by atomic mass is 32.2. The summed E-state index contributed by atoms with van der Waals surface area (Å²) in [6, 6.07) is 7.76. The van der Waals surface area contributed by atoms with E-state index >= 15 is 0 Å². The first kappa shape index (κ1) is 21.9. The molecule has 32 heavy (non-hydrogen) atoms. The molecular weight excluding hydrogens is 440 g/mol. The molecule has 2 aliphatic heterocycles. The molecule has 0 radical (unpaired) electrons. The van der Waals surface area contributed by atoms with E-state index in [-0.39, 0.29) is 5.56 Å². The van der Waals surface area contributed by atoms with Crippen LogP contribution in [0.3, 0.4) is 0 Å². The summed E-state index contributed by atoms with van der Waals surface area (Å²) in [5.74, 6) is 1.76. The number of nitrogens with one attached hydrogen (secondary N) is 2. The number of thiophene rings is 1. The van der Waals surface area contributed by atoms with Crippen molar-refractivity contribution in [2.24, 2.45) is 0 Å². The fraction of sp³-hybridized carbons (Fsp3) is 0.500. The van der Waals surface area contributed by atoms with Gasteiger partial charge in [0.15, 0.2) is 5.16 Å². The number of nitrogens with zero attached hydrogens (tertiary/aromatic N) is 2. The highest BCUT2D eigenvalue weighted by Gasteiger charge is 2.26. The van der Waals surface area contributed by atoms with Gasteiger partial charge < -0.3 is 14.5 Å². The van der Waals surface area contributed by atoms with Crippen LogP contribution in [0.15, 0.2) is 34.2 Å². The molecule has 4 heterocycles. The summed E-state index contributed by atoms with van der Waals surface area (Å²) in [6.07, 6.45) is 4.98. The summed E-state index contributed by atoms with van der Waals surface area (Å²) in [4.78, 5) is 24.3. The molecule has 0 amide bonds. The summed E-state index contributed by atoms with van der Waals surface area (Å²) in [5.41, 5.74) is 2.16. The molecule has 0 bridgehead atoms. The quantitative estimate of drug-likeness (QED) is 0.418. The Hall–Kier alpha value is -1.87. The third-order valence-corrected chi connectivity index (χ3v) is 8.79. The van der Waals surface area contributed by atoms with Gasteiger partial charge in [-0.3, -0.25) is 9.36 Å². The zero-order valence-electron chi connectivity index (χ0n) is 18.9. The van der Waals surface area contributed by atoms with Gasteiger partial charge in [-0.1, -0.05) is 11.8 Å². The third kappa shape index (κ3) is 4.33. The predicted octanol–water partition coefficient (Wildman–Crippen LogP) is 1.19. The first-order chi connectivity index (χ1) is 15.6. The number of aromatic nitrogens is 2. The van der Waals surface area contributed by atoms with Gasteiger partial charge in [0.1, 0.15) is 17.1 Å². The summed E-state index contributed by atoms with van der Waals surface area (Å²) >= 11 is 3.44. The topological polar surface area (TPSA) is 53.0 Å². The lowest BCUT2D eigenvalue weighted by Gasteiger charge is -2.23. The molecule has 8 heteroatoms. The van der Waals surface area contributed by atoms with Crippen LogP contribution in [0.25, 0.3) is 15.9 Å². The molecule has 2 N–H and O–H groups in total. The second-order valence-electron chi connectivity index (χ2n) is 8.96. The maximum Gasteiger partial charge on any atom is 0.267 e. The van der Waals surface area contributed by atoms with Crippen molar-refractivity contribution in [1.29, 1.82) is 0 Å². The van der Waals surface area contributed by atoms with Gasteiger partial charge in [-0.15, -0.1) is 11.3 Å². The van der Waals surface area contributed by atoms with Crippen molar-refractivity contribution < 1.29 is 14.5 Å². The van der Waals surface area contributed by atoms with Crippen LogP contribution in [0.1, 0.15) is 29.7 Å². The maximum absolute atomic E-state index is 13.9. The zero-order chi connectivity index (χ0) is 22.1. The number of thioether (sulfide) groups is 1. The van der Waals surface area contributed by atoms with E-state index in [1.54, 1.807) is 35.1 Å². The number of piperidine rings is 1. The van der Waals surface area contributed by atoms with E-state index in [1.165, 1.54) is 47.7 Å². The second-order valence-corrected chi connectivity index (χ2v) is 11.1. The van der Waals surface area contributed by atoms with Crippen LogP contribution in [0.4, 0.5) is 0 Å². The van der Waals surface area contributed by atoms with Gasteiger partial charge in [0.25, 0.3) is 5.56 Å². The number of fused-ring (bicyclic) bond motifs is 3. The van der Waals surface area contributed by atoms with Gasteiger partial charge in [-0.05, 0) is 49.1 Å². The normalized spacial score (nSPS) is 19.2. The predicted molar refractivity (Wildman–Crippen MR) is 131 cm³/mol. The molecule has 0 spiro atoms. The Kier molecular flexibility index (Phi) is 6.55. The molecule has 1 aromatic carbocycles. The van der Waals surface area contributed by atoms with Crippen molar-refractivity contribution >= 4 is 33.3 Å². The van der Waals surface area contributed by atoms with E-state index < -0.39 is 0 Å². The summed E-state index contributed by atoms with van der Waals surface area (Å²) in [5, 5.41) is 1.64. The van der Waals surface area contributed by atoms with Crippen molar-refractivity contribution in [3.8, 4) is 11.4 Å². The van der Waals surface area contributed by atoms with E-state index in [1.807, 2.05) is 28.8 Å². The highest BCUT2D eigenvalue weighted by molar-refractivity contribution is 7.99. The molecule has 2 aliphatic rings. The van der Waals surface area contributed by atoms with Gasteiger partial charge in [-0.2, -0.15) is 0 Å². The molecule has 5 rings (SSSR count). The number of methoxy groups -OCH3 is 1. The number of likely N-dealkylation sites (tertiary alicyclic amines) is 1. The van der Waals surface area contributed by atoms with Gasteiger partial charge in [0, 0.05) is 6.42 Å².